The van der Waals surface area contributed by atoms with Crippen molar-refractivity contribution in [2.45, 2.75) is 9.79 Å². The van der Waals surface area contributed by atoms with Crippen molar-refractivity contribution < 1.29 is 0 Å². The molecule has 0 saturated heterocycles. The van der Waals surface area contributed by atoms with Crippen LogP contribution in [0.2, 0.25) is 0 Å². The van der Waals surface area contributed by atoms with Crippen LogP contribution in [0.1, 0.15) is 0 Å². The Labute approximate surface area is 235 Å². The standard InChI is InChI=1S/C36H21BN2S/c1-4-11-29-26(8-1)27-9-2-5-12-30(27)39(29)24-16-17-25-23(21-24)20-22-18-19-38-31-13-7-15-33-35(31)37(34(25)36(22)38)28-10-3-6-14-32(28)40-33/h1-21H. The predicted octanol–water partition coefficient (Wildman–Crippen LogP) is 7.18. The average molecular weight is 524 g/mol. The molecular weight excluding hydrogens is 503 g/mol. The fraction of sp³-hybridized carbons (Fsp3) is 0. The molecule has 6 aromatic carbocycles. The van der Waals surface area contributed by atoms with Gasteiger partial charge in [-0.05, 0) is 76.3 Å². The van der Waals surface area contributed by atoms with Gasteiger partial charge < -0.3 is 9.13 Å². The lowest BCUT2D eigenvalue weighted by Gasteiger charge is -2.33. The van der Waals surface area contributed by atoms with Crippen molar-refractivity contribution in [1.82, 2.24) is 9.13 Å². The van der Waals surface area contributed by atoms with Crippen LogP contribution >= 0.6 is 11.8 Å². The van der Waals surface area contributed by atoms with Crippen molar-refractivity contribution >= 4 is 78.3 Å². The van der Waals surface area contributed by atoms with Crippen LogP contribution in [0.25, 0.3) is 54.9 Å². The maximum Gasteiger partial charge on any atom is 0.250 e. The van der Waals surface area contributed by atoms with Crippen LogP contribution in [0.5, 0.6) is 0 Å². The smallest absolute Gasteiger partial charge is 0.250 e. The molecule has 0 atom stereocenters. The van der Waals surface area contributed by atoms with Crippen molar-refractivity contribution in [2.24, 2.45) is 0 Å². The second-order valence-electron chi connectivity index (χ2n) is 11.0. The number of rotatable bonds is 1. The quantitative estimate of drug-likeness (QED) is 0.207. The van der Waals surface area contributed by atoms with Gasteiger partial charge in [-0.15, -0.1) is 0 Å². The summed E-state index contributed by atoms with van der Waals surface area (Å²) in [6.45, 7) is 0.219. The minimum Gasteiger partial charge on any atom is -0.318 e. The highest BCUT2D eigenvalue weighted by molar-refractivity contribution is 8.00. The summed E-state index contributed by atoms with van der Waals surface area (Å²) >= 11 is 1.91. The molecule has 2 aliphatic heterocycles. The van der Waals surface area contributed by atoms with E-state index in [1.807, 2.05) is 11.8 Å². The molecule has 0 radical (unpaired) electrons. The molecule has 8 aromatic rings. The lowest BCUT2D eigenvalue weighted by molar-refractivity contribution is 1.12. The molecular formula is C36H21BN2S. The maximum absolute atomic E-state index is 2.43. The lowest BCUT2D eigenvalue weighted by Crippen LogP contribution is -2.58. The van der Waals surface area contributed by atoms with E-state index >= 15 is 0 Å². The van der Waals surface area contributed by atoms with Gasteiger partial charge in [0.2, 0.25) is 6.71 Å². The number of hydrogen-bond acceptors (Lipinski definition) is 1. The van der Waals surface area contributed by atoms with Gasteiger partial charge in [0.25, 0.3) is 0 Å². The highest BCUT2D eigenvalue weighted by Gasteiger charge is 2.39. The molecule has 0 N–H and O–H groups in total. The molecule has 0 fully saturated rings. The summed E-state index contributed by atoms with van der Waals surface area (Å²) in [5.41, 5.74) is 10.6. The molecule has 2 nitrogen and oxygen atoms in total. The topological polar surface area (TPSA) is 9.86 Å². The monoisotopic (exact) mass is 524 g/mol. The van der Waals surface area contributed by atoms with Crippen molar-refractivity contribution in [2.75, 3.05) is 0 Å². The first kappa shape index (κ1) is 21.2. The Morgan fingerprint density at radius 1 is 0.550 bits per heavy atom. The third-order valence-corrected chi connectivity index (χ3v) is 10.1. The molecule has 184 valence electrons. The maximum atomic E-state index is 2.43. The third kappa shape index (κ3) is 2.58. The van der Waals surface area contributed by atoms with E-state index in [1.165, 1.54) is 81.0 Å². The van der Waals surface area contributed by atoms with Crippen LogP contribution in [0.15, 0.2) is 137 Å². The van der Waals surface area contributed by atoms with E-state index in [9.17, 15) is 0 Å². The zero-order chi connectivity index (χ0) is 25.9. The minimum atomic E-state index is 0.219. The zero-order valence-electron chi connectivity index (χ0n) is 21.5. The summed E-state index contributed by atoms with van der Waals surface area (Å²) in [6.07, 6.45) is 2.26. The number of fused-ring (bicyclic) bond motifs is 9. The van der Waals surface area contributed by atoms with Crippen molar-refractivity contribution in [3.8, 4) is 11.4 Å². The Morgan fingerprint density at radius 2 is 1.30 bits per heavy atom. The molecule has 0 saturated carbocycles. The van der Waals surface area contributed by atoms with Gasteiger partial charge >= 0.3 is 0 Å². The summed E-state index contributed by atoms with van der Waals surface area (Å²) in [7, 11) is 0. The normalized spacial score (nSPS) is 13.3. The summed E-state index contributed by atoms with van der Waals surface area (Å²) in [5, 5.41) is 6.51. The molecule has 0 aliphatic carbocycles. The minimum absolute atomic E-state index is 0.219. The Hall–Kier alpha value is -4.67. The first-order valence-electron chi connectivity index (χ1n) is 13.8. The summed E-state index contributed by atoms with van der Waals surface area (Å²) in [5.74, 6) is 0. The molecule has 40 heavy (non-hydrogen) atoms. The first-order chi connectivity index (χ1) is 19.8. The van der Waals surface area contributed by atoms with E-state index in [0.717, 1.165) is 0 Å². The number of aromatic nitrogens is 2. The summed E-state index contributed by atoms with van der Waals surface area (Å²) in [6, 6.07) is 45.1. The summed E-state index contributed by atoms with van der Waals surface area (Å²) in [4.78, 5) is 2.73. The van der Waals surface area contributed by atoms with Crippen molar-refractivity contribution in [3.05, 3.63) is 128 Å². The zero-order valence-corrected chi connectivity index (χ0v) is 22.3. The molecule has 0 spiro atoms. The molecule has 10 rings (SSSR count). The fourth-order valence-corrected chi connectivity index (χ4v) is 8.57. The average Bonchev–Trinajstić information content (AvgIpc) is 3.58. The van der Waals surface area contributed by atoms with Gasteiger partial charge in [-0.1, -0.05) is 84.0 Å². The SMILES string of the molecule is c1ccc2c(c1)Sc1cccc3c1B2c1c2ccc(-n4c5ccccc5c5ccccc54)cc2cc2ccn-3c12. The van der Waals surface area contributed by atoms with Crippen LogP contribution in [0, 0.1) is 0 Å². The largest absolute Gasteiger partial charge is 0.318 e. The van der Waals surface area contributed by atoms with Gasteiger partial charge in [0.15, 0.2) is 0 Å². The molecule has 0 bridgehead atoms. The van der Waals surface area contributed by atoms with Crippen LogP contribution in [-0.4, -0.2) is 15.8 Å². The van der Waals surface area contributed by atoms with Gasteiger partial charge in [0.05, 0.1) is 11.0 Å². The van der Waals surface area contributed by atoms with E-state index in [-0.39, 0.29) is 6.71 Å². The Bertz CT molecular complexity index is 2320. The molecule has 4 heteroatoms. The van der Waals surface area contributed by atoms with E-state index < -0.39 is 0 Å². The van der Waals surface area contributed by atoms with Gasteiger partial charge in [-0.25, -0.2) is 0 Å². The van der Waals surface area contributed by atoms with Crippen LogP contribution in [-0.2, 0) is 0 Å². The molecule has 2 aliphatic rings. The van der Waals surface area contributed by atoms with Crippen LogP contribution < -0.4 is 16.4 Å². The van der Waals surface area contributed by atoms with E-state index in [4.69, 9.17) is 0 Å². The molecule has 4 heterocycles. The Kier molecular flexibility index (Phi) is 3.97. The molecule has 0 amide bonds. The predicted molar refractivity (Wildman–Crippen MR) is 170 cm³/mol. The second kappa shape index (κ2) is 7.50. The number of para-hydroxylation sites is 2. The second-order valence-corrected chi connectivity index (χ2v) is 12.0. The van der Waals surface area contributed by atoms with Crippen LogP contribution in [0.3, 0.4) is 0 Å². The number of hydrogen-bond donors (Lipinski definition) is 0. The van der Waals surface area contributed by atoms with Crippen molar-refractivity contribution in [1.29, 1.82) is 0 Å². The van der Waals surface area contributed by atoms with E-state index in [0.29, 0.717) is 0 Å². The van der Waals surface area contributed by atoms with Crippen molar-refractivity contribution in [3.63, 3.8) is 0 Å². The van der Waals surface area contributed by atoms with E-state index in [1.54, 1.807) is 0 Å². The van der Waals surface area contributed by atoms with Gasteiger partial charge in [0.1, 0.15) is 0 Å². The Balaban J connectivity index is 1.31. The van der Waals surface area contributed by atoms with E-state index in [2.05, 4.69) is 137 Å². The van der Waals surface area contributed by atoms with Crippen LogP contribution in [0.4, 0.5) is 0 Å². The number of benzene rings is 6. The third-order valence-electron chi connectivity index (χ3n) is 8.98. The number of nitrogens with zero attached hydrogens (tertiary/aromatic N) is 2. The van der Waals surface area contributed by atoms with Gasteiger partial charge in [0, 0.05) is 49.0 Å². The molecule has 2 aromatic heterocycles. The highest BCUT2D eigenvalue weighted by atomic mass is 32.2. The highest BCUT2D eigenvalue weighted by Crippen LogP contribution is 2.37. The lowest BCUT2D eigenvalue weighted by atomic mass is 9.34. The van der Waals surface area contributed by atoms with Gasteiger partial charge in [-0.2, -0.15) is 0 Å². The fourth-order valence-electron chi connectivity index (χ4n) is 7.40. The summed E-state index contributed by atoms with van der Waals surface area (Å²) < 4.78 is 4.85. The van der Waals surface area contributed by atoms with Gasteiger partial charge in [-0.3, -0.25) is 0 Å². The Morgan fingerprint density at radius 3 is 2.15 bits per heavy atom. The first-order valence-corrected chi connectivity index (χ1v) is 14.6. The molecule has 0 unspecified atom stereocenters.